The average molecular weight is 511 g/mol. The molecule has 2 aliphatic rings. The third-order valence-electron chi connectivity index (χ3n) is 7.25. The lowest BCUT2D eigenvalue weighted by molar-refractivity contribution is 0.0931. The number of carbonyl (C=O) groups is 1. The van der Waals surface area contributed by atoms with Crippen molar-refractivity contribution in [2.24, 2.45) is 0 Å². The molecule has 0 spiro atoms. The van der Waals surface area contributed by atoms with Gasteiger partial charge in [-0.25, -0.2) is 4.79 Å². The smallest absolute Gasteiger partial charge is 0.410 e. The number of piperazine rings is 1. The lowest BCUT2D eigenvalue weighted by Gasteiger charge is -2.35. The summed E-state index contributed by atoms with van der Waals surface area (Å²) in [6.45, 7) is 8.97. The van der Waals surface area contributed by atoms with Crippen LogP contribution in [-0.2, 0) is 11.2 Å². The number of aromatic amines is 1. The first-order valence-electron chi connectivity index (χ1n) is 12.9. The van der Waals surface area contributed by atoms with E-state index in [1.807, 2.05) is 42.2 Å². The minimum atomic E-state index is -0.302. The van der Waals surface area contributed by atoms with Gasteiger partial charge in [0.15, 0.2) is 0 Å². The van der Waals surface area contributed by atoms with Gasteiger partial charge in [0.1, 0.15) is 11.8 Å². The number of ether oxygens (including phenoxy) is 2. The number of benzene rings is 2. The minimum absolute atomic E-state index is 0.284. The first-order chi connectivity index (χ1) is 17.5. The van der Waals surface area contributed by atoms with Gasteiger partial charge in [-0.05, 0) is 68.3 Å². The Labute approximate surface area is 217 Å². The lowest BCUT2D eigenvalue weighted by atomic mass is 9.92. The molecule has 1 atom stereocenters. The first-order valence-corrected chi connectivity index (χ1v) is 13.3. The molecule has 8 heteroatoms. The van der Waals surface area contributed by atoms with Crippen molar-refractivity contribution in [3.05, 3.63) is 64.3 Å². The van der Waals surface area contributed by atoms with Crippen molar-refractivity contribution >= 4 is 28.6 Å². The van der Waals surface area contributed by atoms with Crippen LogP contribution in [0.3, 0.4) is 0 Å². The van der Waals surface area contributed by atoms with E-state index in [-0.39, 0.29) is 12.1 Å². The van der Waals surface area contributed by atoms with Crippen LogP contribution in [0.5, 0.6) is 5.75 Å². The van der Waals surface area contributed by atoms with Crippen LogP contribution in [0.4, 0.5) is 4.79 Å². The molecule has 1 fully saturated rings. The van der Waals surface area contributed by atoms with Crippen LogP contribution in [0, 0.1) is 0 Å². The van der Waals surface area contributed by atoms with E-state index >= 15 is 0 Å². The maximum absolute atomic E-state index is 13.0. The molecule has 0 radical (unpaired) electrons. The van der Waals surface area contributed by atoms with E-state index in [9.17, 15) is 4.79 Å². The van der Waals surface area contributed by atoms with Crippen LogP contribution in [0.2, 0.25) is 5.02 Å². The van der Waals surface area contributed by atoms with Gasteiger partial charge in [0.05, 0.1) is 13.2 Å². The molecular weight excluding hydrogens is 476 g/mol. The highest BCUT2D eigenvalue weighted by Crippen LogP contribution is 2.40. The van der Waals surface area contributed by atoms with Gasteiger partial charge in [0, 0.05) is 60.9 Å². The number of carbonyl (C=O) groups excluding carboxylic acids is 1. The third kappa shape index (κ3) is 5.33. The maximum atomic E-state index is 13.0. The third-order valence-corrected chi connectivity index (χ3v) is 7.48. The number of H-pyrrole nitrogens is 1. The highest BCUT2D eigenvalue weighted by molar-refractivity contribution is 6.31. The monoisotopic (exact) mass is 510 g/mol. The zero-order valence-electron chi connectivity index (χ0n) is 21.1. The standard InChI is InChI=1S/C28H35ClN4O3/c1-3-35-28(34)33-12-10-23-24-19-21(29)8-9-25(24)30-26(23)27(33)20-6-4-7-22(18-20)36-17-5-11-32-15-13-31(2)14-16-32/h4,6-9,18-19,27,30H,3,5,10-17H2,1-2H3. The summed E-state index contributed by atoms with van der Waals surface area (Å²) in [5.74, 6) is 0.820. The molecule has 0 bridgehead atoms. The summed E-state index contributed by atoms with van der Waals surface area (Å²) >= 11 is 6.31. The van der Waals surface area contributed by atoms with Gasteiger partial charge in [0.2, 0.25) is 0 Å². The van der Waals surface area contributed by atoms with Crippen LogP contribution >= 0.6 is 11.6 Å². The first kappa shape index (κ1) is 24.9. The Morgan fingerprint density at radius 1 is 1.11 bits per heavy atom. The van der Waals surface area contributed by atoms with E-state index in [4.69, 9.17) is 21.1 Å². The zero-order valence-corrected chi connectivity index (χ0v) is 21.9. The van der Waals surface area contributed by atoms with Gasteiger partial charge < -0.3 is 24.3 Å². The van der Waals surface area contributed by atoms with Crippen molar-refractivity contribution in [1.82, 2.24) is 19.7 Å². The van der Waals surface area contributed by atoms with Gasteiger partial charge in [0.25, 0.3) is 0 Å². The number of nitrogens with one attached hydrogen (secondary N) is 1. The second kappa shape index (κ2) is 11.1. The summed E-state index contributed by atoms with van der Waals surface area (Å²) in [7, 11) is 2.18. The van der Waals surface area contributed by atoms with Gasteiger partial charge in [-0.15, -0.1) is 0 Å². The largest absolute Gasteiger partial charge is 0.494 e. The highest BCUT2D eigenvalue weighted by Gasteiger charge is 2.35. The molecular formula is C28H35ClN4O3. The predicted molar refractivity (Wildman–Crippen MR) is 143 cm³/mol. The van der Waals surface area contributed by atoms with E-state index in [0.29, 0.717) is 24.8 Å². The predicted octanol–water partition coefficient (Wildman–Crippen LogP) is 4.94. The van der Waals surface area contributed by atoms with Crippen LogP contribution in [0.1, 0.15) is 36.2 Å². The van der Waals surface area contributed by atoms with Crippen molar-refractivity contribution in [3.63, 3.8) is 0 Å². The summed E-state index contributed by atoms with van der Waals surface area (Å²) in [6.07, 6.45) is 1.43. The quantitative estimate of drug-likeness (QED) is 0.456. The van der Waals surface area contributed by atoms with E-state index in [1.54, 1.807) is 0 Å². The Morgan fingerprint density at radius 2 is 1.94 bits per heavy atom. The Hall–Kier alpha value is -2.74. The number of halogens is 1. The van der Waals surface area contributed by atoms with Crippen molar-refractivity contribution in [1.29, 1.82) is 0 Å². The molecule has 1 amide bonds. The molecule has 36 heavy (non-hydrogen) atoms. The van der Waals surface area contributed by atoms with Crippen LogP contribution in [-0.4, -0.2) is 85.3 Å². The molecule has 0 aliphatic carbocycles. The highest BCUT2D eigenvalue weighted by atomic mass is 35.5. The second-order valence-electron chi connectivity index (χ2n) is 9.67. The Morgan fingerprint density at radius 3 is 2.75 bits per heavy atom. The number of amides is 1. The van der Waals surface area contributed by atoms with Crippen LogP contribution < -0.4 is 4.74 Å². The molecule has 3 aromatic rings. The van der Waals surface area contributed by atoms with Crippen molar-refractivity contribution < 1.29 is 14.3 Å². The molecule has 0 saturated carbocycles. The maximum Gasteiger partial charge on any atom is 0.410 e. The lowest BCUT2D eigenvalue weighted by Crippen LogP contribution is -2.44. The fourth-order valence-corrected chi connectivity index (χ4v) is 5.51. The van der Waals surface area contributed by atoms with Crippen molar-refractivity contribution in [3.8, 4) is 5.75 Å². The topological polar surface area (TPSA) is 61.0 Å². The number of aromatic nitrogens is 1. The van der Waals surface area contributed by atoms with Gasteiger partial charge >= 0.3 is 6.09 Å². The number of hydrogen-bond donors (Lipinski definition) is 1. The molecule has 5 rings (SSSR count). The molecule has 3 heterocycles. The molecule has 2 aliphatic heterocycles. The fourth-order valence-electron chi connectivity index (χ4n) is 5.33. The van der Waals surface area contributed by atoms with Crippen molar-refractivity contribution in [2.75, 3.05) is 59.5 Å². The fraction of sp³-hybridized carbons (Fsp3) is 0.464. The second-order valence-corrected chi connectivity index (χ2v) is 10.1. The summed E-state index contributed by atoms with van der Waals surface area (Å²) in [5, 5.41) is 1.82. The van der Waals surface area contributed by atoms with E-state index in [0.717, 1.165) is 73.5 Å². The molecule has 7 nitrogen and oxygen atoms in total. The van der Waals surface area contributed by atoms with Gasteiger partial charge in [-0.3, -0.25) is 4.90 Å². The van der Waals surface area contributed by atoms with Crippen molar-refractivity contribution in [2.45, 2.75) is 25.8 Å². The normalized spacial score (nSPS) is 18.9. The number of rotatable bonds is 7. The summed E-state index contributed by atoms with van der Waals surface area (Å²) in [5.41, 5.74) is 4.24. The Bertz CT molecular complexity index is 1200. The summed E-state index contributed by atoms with van der Waals surface area (Å²) in [6, 6.07) is 13.7. The average Bonchev–Trinajstić information content (AvgIpc) is 3.25. The number of nitrogens with zero attached hydrogens (tertiary/aromatic N) is 3. The van der Waals surface area contributed by atoms with Gasteiger partial charge in [-0.2, -0.15) is 0 Å². The van der Waals surface area contributed by atoms with Gasteiger partial charge in [-0.1, -0.05) is 23.7 Å². The van der Waals surface area contributed by atoms with Crippen LogP contribution in [0.25, 0.3) is 10.9 Å². The minimum Gasteiger partial charge on any atom is -0.494 e. The van der Waals surface area contributed by atoms with Crippen LogP contribution in [0.15, 0.2) is 42.5 Å². The SMILES string of the molecule is CCOC(=O)N1CCc2c([nH]c3ccc(Cl)cc23)C1c1cccc(OCCCN2CCN(C)CC2)c1. The summed E-state index contributed by atoms with van der Waals surface area (Å²) in [4.78, 5) is 23.2. The van der Waals surface area contributed by atoms with E-state index < -0.39 is 0 Å². The Balaban J connectivity index is 1.36. The Kier molecular flexibility index (Phi) is 7.70. The van der Waals surface area contributed by atoms with E-state index in [2.05, 4.69) is 34.0 Å². The molecule has 2 aromatic carbocycles. The number of hydrogen-bond acceptors (Lipinski definition) is 5. The molecule has 192 valence electrons. The zero-order chi connectivity index (χ0) is 25.1. The molecule has 1 N–H and O–H groups in total. The summed E-state index contributed by atoms with van der Waals surface area (Å²) < 4.78 is 11.6. The van der Waals surface area contributed by atoms with E-state index in [1.165, 1.54) is 5.56 Å². The number of likely N-dealkylation sites (N-methyl/N-ethyl adjacent to an activating group) is 1. The molecule has 1 unspecified atom stereocenters. The molecule has 1 saturated heterocycles. The molecule has 1 aromatic heterocycles. The number of fused-ring (bicyclic) bond motifs is 3.